The molecule has 0 radical (unpaired) electrons. The first-order chi connectivity index (χ1) is 20.0. The number of para-hydroxylation sites is 1. The van der Waals surface area contributed by atoms with Crippen LogP contribution in [0.4, 0.5) is 5.69 Å². The third-order valence-electron chi connectivity index (χ3n) is 6.45. The Morgan fingerprint density at radius 3 is 1.37 bits per heavy atom. The van der Waals surface area contributed by atoms with Gasteiger partial charge in [0.2, 0.25) is 0 Å². The molecule has 41 heavy (non-hydrogen) atoms. The van der Waals surface area contributed by atoms with Crippen LogP contribution in [0.1, 0.15) is 56.2 Å². The number of aliphatic imine (C=N–C) groups is 1. The summed E-state index contributed by atoms with van der Waals surface area (Å²) in [6, 6.07) is 50.5. The maximum atomic E-state index is 4.76. The van der Waals surface area contributed by atoms with E-state index in [0.29, 0.717) is 11.8 Å². The van der Waals surface area contributed by atoms with Crippen molar-refractivity contribution in [3.05, 3.63) is 156 Å². The standard InChI is InChI=1S/C19H22N.3C6H5.ClH.Pd.Sb/c1-14(2)17-11-8-12-18(15(3)4)19(17)20-13-16-9-6-5-7-10-16;3*1-2-4-6-5-3-1;;;/h5-9,11-15H,1-4H3;3*1-5H;1H;;/q-1;;;;;+2;/p-1. The summed E-state index contributed by atoms with van der Waals surface area (Å²) in [5.74, 6) is 0.946. The molecule has 212 valence electrons. The van der Waals surface area contributed by atoms with E-state index in [1.54, 1.807) is 0 Å². The number of nitrogens with zero attached hydrogens (tertiary/aromatic N) is 1. The molecule has 5 aromatic rings. The molecule has 0 aliphatic rings. The molecule has 4 heteroatoms. The third kappa shape index (κ3) is 10.1. The van der Waals surface area contributed by atoms with Gasteiger partial charge < -0.3 is 4.99 Å². The quantitative estimate of drug-likeness (QED) is 0.0900. The van der Waals surface area contributed by atoms with Crippen LogP contribution in [0.25, 0.3) is 0 Å². The maximum absolute atomic E-state index is 4.76. The van der Waals surface area contributed by atoms with Crippen LogP contribution in [0, 0.1) is 6.07 Å². The number of halogens is 1. The van der Waals surface area contributed by atoms with Gasteiger partial charge in [0.1, 0.15) is 0 Å². The fourth-order valence-electron chi connectivity index (χ4n) is 4.46. The zero-order valence-corrected chi connectivity index (χ0v) is 28.9. The predicted octanol–water partition coefficient (Wildman–Crippen LogP) is 8.37. The molecule has 5 aromatic carbocycles. The molecule has 0 fully saturated rings. The van der Waals surface area contributed by atoms with Crippen LogP contribution >= 0.6 is 9.53 Å². The predicted molar refractivity (Wildman–Crippen MR) is 177 cm³/mol. The Morgan fingerprint density at radius 1 is 0.585 bits per heavy atom. The molecule has 0 aliphatic heterocycles. The first-order valence-corrected chi connectivity index (χ1v) is 19.6. The average Bonchev–Trinajstić information content (AvgIpc) is 3.03. The van der Waals surface area contributed by atoms with E-state index in [2.05, 4.69) is 171 Å². The van der Waals surface area contributed by atoms with Gasteiger partial charge in [-0.1, -0.05) is 45.9 Å². The second-order valence-electron chi connectivity index (χ2n) is 10.0. The Bertz CT molecular complexity index is 1320. The fraction of sp³-hybridized carbons (Fsp3) is 0.162. The van der Waals surface area contributed by atoms with Crippen molar-refractivity contribution in [2.24, 2.45) is 4.99 Å². The van der Waals surface area contributed by atoms with Gasteiger partial charge in [0.25, 0.3) is 0 Å². The molecule has 1 nitrogen and oxygen atoms in total. The summed E-state index contributed by atoms with van der Waals surface area (Å²) in [6.45, 7) is 8.86. The normalized spacial score (nSPS) is 10.8. The Balaban J connectivity index is 0.000000213. The van der Waals surface area contributed by atoms with E-state index in [1.807, 2.05) is 30.5 Å². The van der Waals surface area contributed by atoms with Crippen LogP contribution in [0.2, 0.25) is 0 Å². The van der Waals surface area contributed by atoms with E-state index in [1.165, 1.54) is 21.7 Å². The summed E-state index contributed by atoms with van der Waals surface area (Å²) < 4.78 is 4.55. The molecule has 0 saturated heterocycles. The van der Waals surface area contributed by atoms with Crippen molar-refractivity contribution in [3.8, 4) is 0 Å². The monoisotopic (exact) mass is 757 g/mol. The Kier molecular flexibility index (Phi) is 14.6. The molecule has 0 spiro atoms. The van der Waals surface area contributed by atoms with E-state index in [-0.39, 0.29) is 0 Å². The van der Waals surface area contributed by atoms with Crippen LogP contribution in [-0.2, 0) is 18.2 Å². The minimum absolute atomic E-state index is 0.473. The van der Waals surface area contributed by atoms with Crippen molar-refractivity contribution in [3.63, 3.8) is 0 Å². The molecule has 0 saturated carbocycles. The minimum atomic E-state index is -1.83. The molecular weight excluding hydrogens is 722 g/mol. The molecule has 0 heterocycles. The molecule has 0 unspecified atom stereocenters. The van der Waals surface area contributed by atoms with E-state index in [4.69, 9.17) is 4.99 Å². The van der Waals surface area contributed by atoms with Crippen molar-refractivity contribution in [2.45, 2.75) is 39.5 Å². The second-order valence-corrected chi connectivity index (χ2v) is 16.3. The van der Waals surface area contributed by atoms with Crippen LogP contribution in [0.3, 0.4) is 0 Å². The zero-order valence-electron chi connectivity index (χ0n) is 24.0. The van der Waals surface area contributed by atoms with E-state index >= 15 is 0 Å². The van der Waals surface area contributed by atoms with Crippen LogP contribution in [0.5, 0.6) is 0 Å². The van der Waals surface area contributed by atoms with E-state index < -0.39 is 20.2 Å². The number of hydrogen-bond donors (Lipinski definition) is 0. The van der Waals surface area contributed by atoms with Gasteiger partial charge in [-0.25, -0.2) is 0 Å². The fourth-order valence-corrected chi connectivity index (χ4v) is 11.0. The van der Waals surface area contributed by atoms with Crippen molar-refractivity contribution < 1.29 is 18.2 Å². The van der Waals surface area contributed by atoms with Crippen molar-refractivity contribution in [2.75, 3.05) is 0 Å². The summed E-state index contributed by atoms with van der Waals surface area (Å²) in [5, 5.41) is 0. The Morgan fingerprint density at radius 2 is 1.00 bits per heavy atom. The second kappa shape index (κ2) is 18.2. The molecule has 0 N–H and O–H groups in total. The van der Waals surface area contributed by atoms with Gasteiger partial charge in [0.15, 0.2) is 0 Å². The van der Waals surface area contributed by atoms with Crippen LogP contribution in [0.15, 0.2) is 138 Å². The number of rotatable bonds is 7. The van der Waals surface area contributed by atoms with Gasteiger partial charge in [0, 0.05) is 0 Å². The number of hydrogen-bond acceptors (Lipinski definition) is 1. The molecule has 0 aliphatic carbocycles. The molecule has 0 atom stereocenters. The van der Waals surface area contributed by atoms with Gasteiger partial charge in [0.05, 0.1) is 5.69 Å². The first-order valence-electron chi connectivity index (χ1n) is 13.8. The van der Waals surface area contributed by atoms with Crippen molar-refractivity contribution in [1.29, 1.82) is 0 Å². The van der Waals surface area contributed by atoms with Gasteiger partial charge >= 0.3 is 149 Å². The first kappa shape index (κ1) is 33.0. The Labute approximate surface area is 269 Å². The zero-order chi connectivity index (χ0) is 29.5. The number of benzene rings is 5. The summed E-state index contributed by atoms with van der Waals surface area (Å²) in [4.78, 5) is 4.76. The van der Waals surface area contributed by atoms with Gasteiger partial charge in [-0.15, -0.1) is 35.9 Å². The van der Waals surface area contributed by atoms with Gasteiger partial charge in [-0.2, -0.15) is 0 Å². The van der Waals surface area contributed by atoms with Crippen molar-refractivity contribution in [1.82, 2.24) is 0 Å². The van der Waals surface area contributed by atoms with E-state index in [0.717, 1.165) is 11.3 Å². The molecule has 0 amide bonds. The van der Waals surface area contributed by atoms with E-state index in [9.17, 15) is 0 Å². The third-order valence-corrected chi connectivity index (χ3v) is 13.4. The SMILES string of the molecule is CC(C)c1cccc(C(C)C)c1N=Cc1[c-]cccc1.[Cl][Pd+].c1cc[c]([Sb]([c]2ccccc2)[c]2ccccc2)cc1. The molecule has 0 aromatic heterocycles. The molecule has 5 rings (SSSR count). The summed E-state index contributed by atoms with van der Waals surface area (Å²) in [5.41, 5.74) is 4.75. The van der Waals surface area contributed by atoms with Crippen LogP contribution in [-0.4, -0.2) is 26.4 Å². The van der Waals surface area contributed by atoms with Crippen molar-refractivity contribution >= 4 is 52.2 Å². The van der Waals surface area contributed by atoms with Gasteiger partial charge in [-0.05, 0) is 29.2 Å². The summed E-state index contributed by atoms with van der Waals surface area (Å²) in [6.07, 6.45) is 1.91. The Hall–Kier alpha value is -2.46. The summed E-state index contributed by atoms with van der Waals surface area (Å²) in [7, 11) is 4.49. The topological polar surface area (TPSA) is 12.4 Å². The molecular formula is C37H37ClNPdSb. The van der Waals surface area contributed by atoms with Crippen LogP contribution < -0.4 is 10.5 Å². The summed E-state index contributed by atoms with van der Waals surface area (Å²) >= 11 is 0.396. The molecule has 0 bridgehead atoms. The average molecular weight is 759 g/mol. The van der Waals surface area contributed by atoms with Gasteiger partial charge in [-0.3, -0.25) is 0 Å².